The molecule has 6 heteroatoms. The molecule has 1 aromatic carbocycles. The zero-order valence-corrected chi connectivity index (χ0v) is 15.6. The van der Waals surface area contributed by atoms with Crippen molar-refractivity contribution in [3.05, 3.63) is 39.4 Å². The van der Waals surface area contributed by atoms with E-state index in [1.54, 1.807) is 11.3 Å². The minimum atomic E-state index is 0.335. The molecule has 0 unspecified atom stereocenters. The predicted molar refractivity (Wildman–Crippen MR) is 102 cm³/mol. The second-order valence-corrected chi connectivity index (χ2v) is 7.81. The highest BCUT2D eigenvalue weighted by Crippen LogP contribution is 2.39. The van der Waals surface area contributed by atoms with E-state index in [1.165, 1.54) is 30.4 Å². The molecule has 3 nitrogen and oxygen atoms in total. The van der Waals surface area contributed by atoms with Gasteiger partial charge in [0.05, 0.1) is 5.39 Å². The van der Waals surface area contributed by atoms with Crippen LogP contribution in [-0.2, 0) is 0 Å². The molecule has 23 heavy (non-hydrogen) atoms. The predicted octanol–water partition coefficient (Wildman–Crippen LogP) is 5.76. The quantitative estimate of drug-likeness (QED) is 0.504. The maximum atomic E-state index is 6.17. The first-order chi connectivity index (χ1) is 11.2. The minimum Gasteiger partial charge on any atom is -0.356 e. The van der Waals surface area contributed by atoms with Crippen molar-refractivity contribution in [2.24, 2.45) is 0 Å². The monoisotopic (exact) mass is 407 g/mol. The van der Waals surface area contributed by atoms with Crippen LogP contribution in [0.15, 0.2) is 34.1 Å². The van der Waals surface area contributed by atoms with Crippen molar-refractivity contribution < 1.29 is 0 Å². The Morgan fingerprint density at radius 2 is 1.78 bits per heavy atom. The molecular formula is C17H15BrClN3S. The normalized spacial score (nSPS) is 15.3. The van der Waals surface area contributed by atoms with E-state index in [2.05, 4.69) is 60.4 Å². The number of rotatable bonds is 2. The maximum Gasteiger partial charge on any atom is 0.225 e. The van der Waals surface area contributed by atoms with Crippen LogP contribution >= 0.6 is 38.9 Å². The van der Waals surface area contributed by atoms with Gasteiger partial charge in [0.1, 0.15) is 10.6 Å². The van der Waals surface area contributed by atoms with Crippen molar-refractivity contribution in [3.63, 3.8) is 0 Å². The summed E-state index contributed by atoms with van der Waals surface area (Å²) >= 11 is 11.3. The molecule has 0 bridgehead atoms. The van der Waals surface area contributed by atoms with Gasteiger partial charge in [-0.15, -0.1) is 11.3 Å². The molecule has 118 valence electrons. The first-order valence-electron chi connectivity index (χ1n) is 7.68. The molecule has 1 fully saturated rings. The largest absolute Gasteiger partial charge is 0.356 e. The first-order valence-corrected chi connectivity index (χ1v) is 9.73. The second kappa shape index (κ2) is 6.38. The third-order valence-electron chi connectivity index (χ3n) is 4.20. The average molecular weight is 409 g/mol. The fourth-order valence-corrected chi connectivity index (χ4v) is 4.50. The van der Waals surface area contributed by atoms with Crippen LogP contribution in [0.2, 0.25) is 5.28 Å². The van der Waals surface area contributed by atoms with Crippen LogP contribution in [0.25, 0.3) is 21.3 Å². The molecule has 1 aliphatic heterocycles. The summed E-state index contributed by atoms with van der Waals surface area (Å²) in [6.45, 7) is 2.08. The van der Waals surface area contributed by atoms with Gasteiger partial charge in [-0.25, -0.2) is 4.98 Å². The average Bonchev–Trinajstić information content (AvgIpc) is 2.99. The lowest BCUT2D eigenvalue weighted by Gasteiger charge is -2.28. The van der Waals surface area contributed by atoms with Gasteiger partial charge in [0.15, 0.2) is 0 Å². The summed E-state index contributed by atoms with van der Waals surface area (Å²) in [5.74, 6) is 0.985. The smallest absolute Gasteiger partial charge is 0.225 e. The summed E-state index contributed by atoms with van der Waals surface area (Å²) < 4.78 is 1.08. The van der Waals surface area contributed by atoms with Gasteiger partial charge in [-0.05, 0) is 48.6 Å². The molecular weight excluding hydrogens is 394 g/mol. The van der Waals surface area contributed by atoms with Crippen LogP contribution in [0.1, 0.15) is 19.3 Å². The van der Waals surface area contributed by atoms with Crippen molar-refractivity contribution in [1.29, 1.82) is 0 Å². The summed E-state index contributed by atoms with van der Waals surface area (Å²) in [4.78, 5) is 12.3. The fraction of sp³-hybridized carbons (Fsp3) is 0.294. The van der Waals surface area contributed by atoms with Gasteiger partial charge in [0, 0.05) is 28.5 Å². The number of halogens is 2. The lowest BCUT2D eigenvalue weighted by molar-refractivity contribution is 0.574. The van der Waals surface area contributed by atoms with Gasteiger partial charge in [-0.1, -0.05) is 28.1 Å². The van der Waals surface area contributed by atoms with Crippen molar-refractivity contribution in [1.82, 2.24) is 9.97 Å². The van der Waals surface area contributed by atoms with Crippen LogP contribution < -0.4 is 4.90 Å². The SMILES string of the molecule is Clc1nc(N2CCCCC2)c2c(-c3ccc(Br)cc3)csc2n1. The first kappa shape index (κ1) is 15.4. The van der Waals surface area contributed by atoms with E-state index >= 15 is 0 Å². The number of fused-ring (bicyclic) bond motifs is 1. The Hall–Kier alpha value is -1.17. The fourth-order valence-electron chi connectivity index (χ4n) is 3.07. The molecule has 4 rings (SSSR count). The Bertz CT molecular complexity index is 841. The summed E-state index contributed by atoms with van der Waals surface area (Å²) in [7, 11) is 0. The van der Waals surface area contributed by atoms with Crippen LogP contribution in [0.4, 0.5) is 5.82 Å². The number of nitrogens with zero attached hydrogens (tertiary/aromatic N) is 3. The van der Waals surface area contributed by atoms with E-state index in [1.807, 2.05) is 0 Å². The molecule has 0 aliphatic carbocycles. The molecule has 0 radical (unpaired) electrons. The molecule has 0 N–H and O–H groups in total. The number of hydrogen-bond donors (Lipinski definition) is 0. The summed E-state index contributed by atoms with van der Waals surface area (Å²) in [6.07, 6.45) is 3.71. The number of anilines is 1. The molecule has 0 amide bonds. The number of aromatic nitrogens is 2. The zero-order valence-electron chi connectivity index (χ0n) is 12.4. The zero-order chi connectivity index (χ0) is 15.8. The highest BCUT2D eigenvalue weighted by Gasteiger charge is 2.20. The van der Waals surface area contributed by atoms with Crippen molar-refractivity contribution >= 4 is 54.9 Å². The van der Waals surface area contributed by atoms with Gasteiger partial charge < -0.3 is 4.90 Å². The number of hydrogen-bond acceptors (Lipinski definition) is 4. The van der Waals surface area contributed by atoms with Gasteiger partial charge in [0.25, 0.3) is 0 Å². The maximum absolute atomic E-state index is 6.17. The van der Waals surface area contributed by atoms with E-state index < -0.39 is 0 Å². The Morgan fingerprint density at radius 3 is 2.52 bits per heavy atom. The Labute approximate surface area is 152 Å². The van der Waals surface area contributed by atoms with E-state index in [4.69, 9.17) is 11.6 Å². The van der Waals surface area contributed by atoms with Crippen molar-refractivity contribution in [2.45, 2.75) is 19.3 Å². The third-order valence-corrected chi connectivity index (χ3v) is 5.77. The molecule has 3 aromatic rings. The van der Waals surface area contributed by atoms with Gasteiger partial charge in [-0.2, -0.15) is 4.98 Å². The molecule has 0 saturated carbocycles. The van der Waals surface area contributed by atoms with E-state index in [9.17, 15) is 0 Å². The number of thiophene rings is 1. The summed E-state index contributed by atoms with van der Waals surface area (Å²) in [6, 6.07) is 8.38. The Balaban J connectivity index is 1.90. The van der Waals surface area contributed by atoms with Gasteiger partial charge in [-0.3, -0.25) is 0 Å². The van der Waals surface area contributed by atoms with E-state index in [0.29, 0.717) is 5.28 Å². The van der Waals surface area contributed by atoms with Crippen LogP contribution in [0.5, 0.6) is 0 Å². The number of piperidine rings is 1. The molecule has 3 heterocycles. The van der Waals surface area contributed by atoms with Crippen LogP contribution in [-0.4, -0.2) is 23.1 Å². The van der Waals surface area contributed by atoms with Crippen LogP contribution in [0.3, 0.4) is 0 Å². The topological polar surface area (TPSA) is 29.0 Å². The highest BCUT2D eigenvalue weighted by molar-refractivity contribution is 9.10. The Morgan fingerprint density at radius 1 is 1.04 bits per heavy atom. The van der Waals surface area contributed by atoms with Crippen molar-refractivity contribution in [3.8, 4) is 11.1 Å². The molecule has 1 saturated heterocycles. The molecule has 0 spiro atoms. The molecule has 0 atom stereocenters. The lowest BCUT2D eigenvalue weighted by atomic mass is 10.1. The van der Waals surface area contributed by atoms with Crippen LogP contribution in [0, 0.1) is 0 Å². The van der Waals surface area contributed by atoms with Crippen molar-refractivity contribution in [2.75, 3.05) is 18.0 Å². The van der Waals surface area contributed by atoms with Gasteiger partial charge >= 0.3 is 0 Å². The summed E-state index contributed by atoms with van der Waals surface area (Å²) in [5.41, 5.74) is 2.37. The highest BCUT2D eigenvalue weighted by atomic mass is 79.9. The van der Waals surface area contributed by atoms with Gasteiger partial charge in [0.2, 0.25) is 5.28 Å². The molecule has 2 aromatic heterocycles. The Kier molecular flexibility index (Phi) is 4.26. The third kappa shape index (κ3) is 2.97. The number of benzene rings is 1. The molecule has 1 aliphatic rings. The van der Waals surface area contributed by atoms with E-state index in [0.717, 1.165) is 33.6 Å². The second-order valence-electron chi connectivity index (χ2n) is 5.70. The standard InChI is InChI=1S/C17H15BrClN3S/c18-12-6-4-11(5-7-12)13-10-23-16-14(13)15(20-17(19)21-16)22-8-2-1-3-9-22/h4-7,10H,1-3,8-9H2. The lowest BCUT2D eigenvalue weighted by Crippen LogP contribution is -2.30. The van der Waals surface area contributed by atoms with E-state index in [-0.39, 0.29) is 0 Å². The summed E-state index contributed by atoms with van der Waals surface area (Å²) in [5, 5.41) is 3.62. The minimum absolute atomic E-state index is 0.335.